The van der Waals surface area contributed by atoms with Gasteiger partial charge in [-0.15, -0.1) is 11.3 Å². The number of thiophene rings is 1. The summed E-state index contributed by atoms with van der Waals surface area (Å²) in [6.45, 7) is 11.1. The lowest BCUT2D eigenvalue weighted by atomic mass is 9.95. The van der Waals surface area contributed by atoms with Crippen molar-refractivity contribution in [2.24, 2.45) is 0 Å². The molecule has 0 atom stereocenters. The van der Waals surface area contributed by atoms with Gasteiger partial charge in [0.2, 0.25) is 0 Å². The average molecular weight is 301 g/mol. The van der Waals surface area contributed by atoms with Crippen molar-refractivity contribution in [2.75, 3.05) is 6.54 Å². The topological polar surface area (TPSA) is 12.0 Å². The maximum absolute atomic E-state index is 3.55. The molecule has 1 heterocycles. The normalized spacial score (nSPS) is 11.8. The van der Waals surface area contributed by atoms with Crippen LogP contribution >= 0.6 is 11.3 Å². The van der Waals surface area contributed by atoms with Crippen LogP contribution in [0.4, 0.5) is 0 Å². The number of hydrogen-bond acceptors (Lipinski definition) is 2. The van der Waals surface area contributed by atoms with Crippen LogP contribution < -0.4 is 5.32 Å². The Morgan fingerprint density at radius 2 is 1.81 bits per heavy atom. The SMILES string of the molecule is CCCCNCc1ccccc1-c1ccc(C(C)(C)C)s1. The van der Waals surface area contributed by atoms with E-state index in [2.05, 4.69) is 69.4 Å². The third-order valence-electron chi connectivity index (χ3n) is 3.65. The van der Waals surface area contributed by atoms with Crippen LogP contribution in [0.2, 0.25) is 0 Å². The van der Waals surface area contributed by atoms with E-state index in [1.807, 2.05) is 11.3 Å². The van der Waals surface area contributed by atoms with Crippen molar-refractivity contribution >= 4 is 11.3 Å². The van der Waals surface area contributed by atoms with Crippen molar-refractivity contribution < 1.29 is 0 Å². The van der Waals surface area contributed by atoms with E-state index < -0.39 is 0 Å². The van der Waals surface area contributed by atoms with Gasteiger partial charge in [-0.2, -0.15) is 0 Å². The van der Waals surface area contributed by atoms with E-state index in [1.54, 1.807) is 0 Å². The largest absolute Gasteiger partial charge is 0.313 e. The molecule has 0 radical (unpaired) electrons. The van der Waals surface area contributed by atoms with Gasteiger partial charge in [0.25, 0.3) is 0 Å². The number of rotatable bonds is 6. The van der Waals surface area contributed by atoms with Crippen LogP contribution in [0.15, 0.2) is 36.4 Å². The number of nitrogens with one attached hydrogen (secondary N) is 1. The van der Waals surface area contributed by atoms with Crippen LogP contribution in [0.5, 0.6) is 0 Å². The van der Waals surface area contributed by atoms with Crippen LogP contribution in [-0.4, -0.2) is 6.54 Å². The van der Waals surface area contributed by atoms with Gasteiger partial charge in [0.15, 0.2) is 0 Å². The Morgan fingerprint density at radius 1 is 1.05 bits per heavy atom. The average Bonchev–Trinajstić information content (AvgIpc) is 2.94. The first kappa shape index (κ1) is 16.3. The fourth-order valence-corrected chi connectivity index (χ4v) is 3.45. The Hall–Kier alpha value is -1.12. The van der Waals surface area contributed by atoms with Gasteiger partial charge in [0, 0.05) is 16.3 Å². The van der Waals surface area contributed by atoms with Gasteiger partial charge >= 0.3 is 0 Å². The second-order valence-corrected chi connectivity index (χ2v) is 7.69. The lowest BCUT2D eigenvalue weighted by molar-refractivity contribution is 0.604. The highest BCUT2D eigenvalue weighted by atomic mass is 32.1. The van der Waals surface area contributed by atoms with Crippen molar-refractivity contribution in [2.45, 2.75) is 52.5 Å². The molecule has 2 heteroatoms. The van der Waals surface area contributed by atoms with Gasteiger partial charge < -0.3 is 5.32 Å². The quantitative estimate of drug-likeness (QED) is 0.685. The molecular weight excluding hydrogens is 274 g/mol. The molecule has 0 aliphatic heterocycles. The zero-order chi connectivity index (χ0) is 15.3. The number of unbranched alkanes of at least 4 members (excludes halogenated alkanes) is 1. The smallest absolute Gasteiger partial charge is 0.0349 e. The highest BCUT2D eigenvalue weighted by Gasteiger charge is 2.17. The lowest BCUT2D eigenvalue weighted by Gasteiger charge is -2.15. The molecule has 0 bridgehead atoms. The summed E-state index contributed by atoms with van der Waals surface area (Å²) in [4.78, 5) is 2.83. The molecule has 2 rings (SSSR count). The monoisotopic (exact) mass is 301 g/mol. The first-order chi connectivity index (χ1) is 10.0. The van der Waals surface area contributed by atoms with Crippen LogP contribution in [-0.2, 0) is 12.0 Å². The van der Waals surface area contributed by atoms with E-state index in [9.17, 15) is 0 Å². The van der Waals surface area contributed by atoms with E-state index in [1.165, 1.54) is 33.7 Å². The van der Waals surface area contributed by atoms with Gasteiger partial charge in [-0.3, -0.25) is 0 Å². The Labute approximate surface area is 133 Å². The molecule has 1 nitrogen and oxygen atoms in total. The number of benzene rings is 1. The zero-order valence-electron chi connectivity index (χ0n) is 13.7. The minimum Gasteiger partial charge on any atom is -0.313 e. The van der Waals surface area contributed by atoms with Crippen molar-refractivity contribution in [1.29, 1.82) is 0 Å². The molecule has 2 aromatic rings. The van der Waals surface area contributed by atoms with Crippen LogP contribution in [0.3, 0.4) is 0 Å². The predicted octanol–water partition coefficient (Wildman–Crippen LogP) is 5.60. The molecule has 0 aliphatic carbocycles. The van der Waals surface area contributed by atoms with E-state index in [0.29, 0.717) is 0 Å². The van der Waals surface area contributed by atoms with Gasteiger partial charge in [0.1, 0.15) is 0 Å². The third-order valence-corrected chi connectivity index (χ3v) is 5.19. The summed E-state index contributed by atoms with van der Waals surface area (Å²) >= 11 is 1.92. The molecule has 1 aromatic carbocycles. The molecule has 0 unspecified atom stereocenters. The minimum absolute atomic E-state index is 0.233. The first-order valence-electron chi connectivity index (χ1n) is 7.91. The first-order valence-corrected chi connectivity index (χ1v) is 8.73. The maximum atomic E-state index is 3.55. The molecule has 0 saturated carbocycles. The fraction of sp³-hybridized carbons (Fsp3) is 0.474. The van der Waals surface area contributed by atoms with E-state index in [-0.39, 0.29) is 5.41 Å². The molecule has 0 spiro atoms. The zero-order valence-corrected chi connectivity index (χ0v) is 14.5. The van der Waals surface area contributed by atoms with Crippen LogP contribution in [0, 0.1) is 0 Å². The van der Waals surface area contributed by atoms with Gasteiger partial charge in [-0.05, 0) is 41.6 Å². The molecular formula is C19H27NS. The molecule has 0 fully saturated rings. The third kappa shape index (κ3) is 4.42. The van der Waals surface area contributed by atoms with Gasteiger partial charge in [0.05, 0.1) is 0 Å². The molecule has 21 heavy (non-hydrogen) atoms. The Balaban J connectivity index is 2.17. The standard InChI is InChI=1S/C19H27NS/c1-5-6-13-20-14-15-9-7-8-10-16(15)17-11-12-18(21-17)19(2,3)4/h7-12,20H,5-6,13-14H2,1-4H3. The summed E-state index contributed by atoms with van der Waals surface area (Å²) < 4.78 is 0. The summed E-state index contributed by atoms with van der Waals surface area (Å²) in [6.07, 6.45) is 2.49. The Morgan fingerprint density at radius 3 is 2.48 bits per heavy atom. The molecule has 1 N–H and O–H groups in total. The second-order valence-electron chi connectivity index (χ2n) is 6.60. The Kier molecular flexibility index (Phi) is 5.60. The summed E-state index contributed by atoms with van der Waals surface area (Å²) in [6, 6.07) is 13.3. The van der Waals surface area contributed by atoms with Gasteiger partial charge in [-0.1, -0.05) is 58.4 Å². The van der Waals surface area contributed by atoms with Crippen LogP contribution in [0.25, 0.3) is 10.4 Å². The molecule has 1 aromatic heterocycles. The number of hydrogen-bond donors (Lipinski definition) is 1. The summed E-state index contributed by atoms with van der Waals surface area (Å²) in [5, 5.41) is 3.55. The molecule has 0 aliphatic rings. The van der Waals surface area contributed by atoms with Crippen molar-refractivity contribution in [3.63, 3.8) is 0 Å². The minimum atomic E-state index is 0.233. The van der Waals surface area contributed by atoms with E-state index in [4.69, 9.17) is 0 Å². The van der Waals surface area contributed by atoms with Crippen LogP contribution in [0.1, 0.15) is 51.0 Å². The maximum Gasteiger partial charge on any atom is 0.0349 e. The predicted molar refractivity (Wildman–Crippen MR) is 95.1 cm³/mol. The van der Waals surface area contributed by atoms with Crippen molar-refractivity contribution in [3.05, 3.63) is 46.8 Å². The van der Waals surface area contributed by atoms with Gasteiger partial charge in [-0.25, -0.2) is 0 Å². The fourth-order valence-electron chi connectivity index (χ4n) is 2.33. The summed E-state index contributed by atoms with van der Waals surface area (Å²) in [5.74, 6) is 0. The molecule has 0 amide bonds. The van der Waals surface area contributed by atoms with Crippen molar-refractivity contribution in [3.8, 4) is 10.4 Å². The van der Waals surface area contributed by atoms with Crippen molar-refractivity contribution in [1.82, 2.24) is 5.32 Å². The molecule has 0 saturated heterocycles. The summed E-state index contributed by atoms with van der Waals surface area (Å²) in [7, 11) is 0. The highest BCUT2D eigenvalue weighted by molar-refractivity contribution is 7.15. The van der Waals surface area contributed by atoms with E-state index in [0.717, 1.165) is 13.1 Å². The summed E-state index contributed by atoms with van der Waals surface area (Å²) in [5.41, 5.74) is 3.01. The molecule has 114 valence electrons. The highest BCUT2D eigenvalue weighted by Crippen LogP contribution is 2.36. The lowest BCUT2D eigenvalue weighted by Crippen LogP contribution is -2.14. The van der Waals surface area contributed by atoms with E-state index >= 15 is 0 Å². The Bertz CT molecular complexity index is 563. The second kappa shape index (κ2) is 7.24.